The second-order valence-electron chi connectivity index (χ2n) is 2.51. The first kappa shape index (κ1) is 10.9. The van der Waals surface area contributed by atoms with Crippen LogP contribution >= 0.6 is 11.3 Å². The smallest absolute Gasteiger partial charge is 0.321 e. The Kier molecular flexibility index (Phi) is 4.30. The molecule has 78 valence electrons. The molecule has 1 aromatic rings. The molecule has 0 radical (unpaired) electrons. The van der Waals surface area contributed by atoms with E-state index in [4.69, 9.17) is 10.2 Å². The molecule has 2 amide bonds. The SMILES string of the molecule is O=C(NC[C@@H](O)CO)Nc1nccs1. The number of amides is 2. The Labute approximate surface area is 84.6 Å². The van der Waals surface area contributed by atoms with Gasteiger partial charge in [-0.15, -0.1) is 11.3 Å². The Morgan fingerprint density at radius 3 is 3.07 bits per heavy atom. The molecule has 0 saturated carbocycles. The Morgan fingerprint density at radius 2 is 2.50 bits per heavy atom. The fraction of sp³-hybridized carbons (Fsp3) is 0.429. The third kappa shape index (κ3) is 3.69. The largest absolute Gasteiger partial charge is 0.394 e. The van der Waals surface area contributed by atoms with Gasteiger partial charge in [0.2, 0.25) is 0 Å². The molecule has 7 heteroatoms. The Morgan fingerprint density at radius 1 is 1.71 bits per heavy atom. The van der Waals surface area contributed by atoms with Crippen molar-refractivity contribution in [1.82, 2.24) is 10.3 Å². The van der Waals surface area contributed by atoms with Crippen molar-refractivity contribution in [2.24, 2.45) is 0 Å². The van der Waals surface area contributed by atoms with Crippen molar-refractivity contribution in [3.63, 3.8) is 0 Å². The molecule has 0 unspecified atom stereocenters. The van der Waals surface area contributed by atoms with Crippen LogP contribution in [0.2, 0.25) is 0 Å². The van der Waals surface area contributed by atoms with Crippen LogP contribution in [0.25, 0.3) is 0 Å². The number of hydrogen-bond acceptors (Lipinski definition) is 5. The maximum Gasteiger partial charge on any atom is 0.321 e. The number of carbonyl (C=O) groups is 1. The van der Waals surface area contributed by atoms with Crippen molar-refractivity contribution >= 4 is 22.5 Å². The fourth-order valence-corrected chi connectivity index (χ4v) is 1.23. The van der Waals surface area contributed by atoms with E-state index < -0.39 is 12.1 Å². The van der Waals surface area contributed by atoms with E-state index in [1.807, 2.05) is 0 Å². The summed E-state index contributed by atoms with van der Waals surface area (Å²) in [6.45, 7) is -0.370. The number of anilines is 1. The second-order valence-corrected chi connectivity index (χ2v) is 3.40. The van der Waals surface area contributed by atoms with Crippen molar-refractivity contribution in [1.29, 1.82) is 0 Å². The lowest BCUT2D eigenvalue weighted by molar-refractivity contribution is 0.0965. The molecule has 4 N–H and O–H groups in total. The van der Waals surface area contributed by atoms with Crippen LogP contribution in [0.1, 0.15) is 0 Å². The lowest BCUT2D eigenvalue weighted by Gasteiger charge is -2.08. The van der Waals surface area contributed by atoms with Crippen molar-refractivity contribution in [3.8, 4) is 0 Å². The highest BCUT2D eigenvalue weighted by molar-refractivity contribution is 7.13. The highest BCUT2D eigenvalue weighted by atomic mass is 32.1. The molecule has 0 spiro atoms. The first-order valence-corrected chi connectivity index (χ1v) is 4.83. The summed E-state index contributed by atoms with van der Waals surface area (Å²) in [6, 6.07) is -0.451. The number of hydrogen-bond donors (Lipinski definition) is 4. The number of aliphatic hydroxyl groups excluding tert-OH is 2. The molecule has 6 nitrogen and oxygen atoms in total. The molecule has 0 aromatic carbocycles. The summed E-state index contributed by atoms with van der Waals surface area (Å²) < 4.78 is 0. The molecule has 0 fully saturated rings. The topological polar surface area (TPSA) is 94.5 Å². The summed E-state index contributed by atoms with van der Waals surface area (Å²) in [6.07, 6.45) is 0.639. The molecule has 1 rings (SSSR count). The summed E-state index contributed by atoms with van der Waals surface area (Å²) in [7, 11) is 0. The molecule has 0 saturated heterocycles. The van der Waals surface area contributed by atoms with E-state index in [9.17, 15) is 4.79 Å². The first-order valence-electron chi connectivity index (χ1n) is 3.95. The van der Waals surface area contributed by atoms with Gasteiger partial charge >= 0.3 is 6.03 Å². The minimum atomic E-state index is -0.933. The maximum atomic E-state index is 11.1. The van der Waals surface area contributed by atoms with E-state index in [2.05, 4.69) is 15.6 Å². The normalized spacial score (nSPS) is 12.1. The molecule has 14 heavy (non-hydrogen) atoms. The quantitative estimate of drug-likeness (QED) is 0.553. The van der Waals surface area contributed by atoms with Crippen molar-refractivity contribution in [2.75, 3.05) is 18.5 Å². The van der Waals surface area contributed by atoms with Gasteiger partial charge in [-0.25, -0.2) is 9.78 Å². The minimum Gasteiger partial charge on any atom is -0.394 e. The number of nitrogens with zero attached hydrogens (tertiary/aromatic N) is 1. The maximum absolute atomic E-state index is 11.1. The van der Waals surface area contributed by atoms with Crippen LogP contribution in [0.15, 0.2) is 11.6 Å². The number of rotatable bonds is 4. The van der Waals surface area contributed by atoms with Gasteiger partial charge in [0.1, 0.15) is 0 Å². The van der Waals surface area contributed by atoms with E-state index in [1.165, 1.54) is 11.3 Å². The third-order valence-corrected chi connectivity index (χ3v) is 2.05. The molecule has 0 aliphatic carbocycles. The van der Waals surface area contributed by atoms with E-state index >= 15 is 0 Å². The number of carbonyl (C=O) groups excluding carboxylic acids is 1. The van der Waals surface area contributed by atoms with Crippen LogP contribution in [0.5, 0.6) is 0 Å². The first-order chi connectivity index (χ1) is 6.72. The zero-order chi connectivity index (χ0) is 10.4. The van der Waals surface area contributed by atoms with Gasteiger partial charge in [-0.2, -0.15) is 0 Å². The average Bonchev–Trinajstić information content (AvgIpc) is 2.66. The molecular weight excluding hydrogens is 206 g/mol. The van der Waals surface area contributed by atoms with Gasteiger partial charge in [0.15, 0.2) is 5.13 Å². The fourth-order valence-electron chi connectivity index (χ4n) is 0.702. The van der Waals surface area contributed by atoms with E-state index in [0.717, 1.165) is 0 Å². The Balaban J connectivity index is 2.23. The molecule has 0 aliphatic rings. The van der Waals surface area contributed by atoms with Crippen LogP contribution in [0, 0.1) is 0 Å². The monoisotopic (exact) mass is 217 g/mol. The van der Waals surface area contributed by atoms with Gasteiger partial charge in [0.25, 0.3) is 0 Å². The number of thiazole rings is 1. The van der Waals surface area contributed by atoms with Gasteiger partial charge in [0.05, 0.1) is 12.7 Å². The lowest BCUT2D eigenvalue weighted by Crippen LogP contribution is -2.36. The molecule has 1 aromatic heterocycles. The summed E-state index contributed by atoms with van der Waals surface area (Å²) >= 11 is 1.30. The van der Waals surface area contributed by atoms with Crippen molar-refractivity contribution < 1.29 is 15.0 Å². The highest BCUT2D eigenvalue weighted by Crippen LogP contribution is 2.09. The van der Waals surface area contributed by atoms with E-state index in [1.54, 1.807) is 11.6 Å². The van der Waals surface area contributed by atoms with Crippen LogP contribution in [0.4, 0.5) is 9.93 Å². The zero-order valence-corrected chi connectivity index (χ0v) is 8.12. The number of aromatic nitrogens is 1. The van der Waals surface area contributed by atoms with Crippen molar-refractivity contribution in [2.45, 2.75) is 6.10 Å². The summed E-state index contributed by atoms with van der Waals surface area (Å²) in [5.41, 5.74) is 0. The molecule has 1 atom stereocenters. The van der Waals surface area contributed by atoms with E-state index in [-0.39, 0.29) is 13.2 Å². The van der Waals surface area contributed by atoms with E-state index in [0.29, 0.717) is 5.13 Å². The predicted octanol–water partition coefficient (Wildman–Crippen LogP) is -0.382. The number of nitrogens with one attached hydrogen (secondary N) is 2. The van der Waals surface area contributed by atoms with Gasteiger partial charge < -0.3 is 15.5 Å². The van der Waals surface area contributed by atoms with Gasteiger partial charge in [-0.3, -0.25) is 5.32 Å². The molecular formula is C7H11N3O3S. The summed E-state index contributed by atoms with van der Waals surface area (Å²) in [4.78, 5) is 14.9. The van der Waals surface area contributed by atoms with Crippen LogP contribution in [0.3, 0.4) is 0 Å². The summed E-state index contributed by atoms with van der Waals surface area (Å²) in [5, 5.41) is 24.5. The van der Waals surface area contributed by atoms with Gasteiger partial charge in [-0.05, 0) is 0 Å². The molecule has 1 heterocycles. The van der Waals surface area contributed by atoms with Crippen LogP contribution in [-0.4, -0.2) is 40.5 Å². The average molecular weight is 217 g/mol. The number of urea groups is 1. The minimum absolute atomic E-state index is 0.00765. The van der Waals surface area contributed by atoms with Crippen molar-refractivity contribution in [3.05, 3.63) is 11.6 Å². The predicted molar refractivity (Wildman–Crippen MR) is 52.2 cm³/mol. The number of aliphatic hydroxyl groups is 2. The second kappa shape index (κ2) is 5.53. The van der Waals surface area contributed by atoms with Gasteiger partial charge in [0, 0.05) is 18.1 Å². The third-order valence-electron chi connectivity index (χ3n) is 1.36. The van der Waals surface area contributed by atoms with Crippen LogP contribution < -0.4 is 10.6 Å². The standard InChI is InChI=1S/C7H11N3O3S/c11-4-5(12)3-9-6(13)10-7-8-1-2-14-7/h1-2,5,11-12H,3-4H2,(H2,8,9,10,13)/t5-/m1/s1. The molecule has 0 bridgehead atoms. The highest BCUT2D eigenvalue weighted by Gasteiger charge is 2.06. The summed E-state index contributed by atoms with van der Waals surface area (Å²) in [5.74, 6) is 0. The van der Waals surface area contributed by atoms with Gasteiger partial charge in [-0.1, -0.05) is 0 Å². The van der Waals surface area contributed by atoms with Crippen LogP contribution in [-0.2, 0) is 0 Å². The Bertz CT molecular complexity index is 278. The molecule has 0 aliphatic heterocycles. The Hall–Kier alpha value is -1.18. The zero-order valence-electron chi connectivity index (χ0n) is 7.30. The lowest BCUT2D eigenvalue weighted by atomic mass is 10.4.